The number of amides is 1. The van der Waals surface area contributed by atoms with E-state index in [-0.39, 0.29) is 5.91 Å². The van der Waals surface area contributed by atoms with Crippen LogP contribution in [0.4, 0.5) is 23.3 Å². The molecule has 0 fully saturated rings. The molecule has 8 nitrogen and oxygen atoms in total. The average molecular weight is 400 g/mol. The molecule has 1 amide bonds. The highest BCUT2D eigenvalue weighted by Crippen LogP contribution is 2.27. The molecule has 0 aliphatic rings. The van der Waals surface area contributed by atoms with Crippen molar-refractivity contribution in [2.75, 3.05) is 24.7 Å². The molecule has 0 aliphatic carbocycles. The predicted octanol–water partition coefficient (Wildman–Crippen LogP) is 3.97. The van der Waals surface area contributed by atoms with E-state index >= 15 is 0 Å². The number of nitrogens with zero attached hydrogens (tertiary/aromatic N) is 4. The lowest BCUT2D eigenvalue weighted by Crippen LogP contribution is -2.22. The number of nitrogens with one attached hydrogen (secondary N) is 3. The van der Waals surface area contributed by atoms with E-state index < -0.39 is 0 Å². The Kier molecular flexibility index (Phi) is 5.51. The van der Waals surface area contributed by atoms with Crippen molar-refractivity contribution in [2.45, 2.75) is 20.8 Å². The van der Waals surface area contributed by atoms with Gasteiger partial charge in [-0.25, -0.2) is 4.98 Å². The zero-order valence-electron chi connectivity index (χ0n) is 16.4. The van der Waals surface area contributed by atoms with Crippen LogP contribution in [0.5, 0.6) is 0 Å². The monoisotopic (exact) mass is 399 g/mol. The van der Waals surface area contributed by atoms with Gasteiger partial charge in [0.05, 0.1) is 6.20 Å². The van der Waals surface area contributed by atoms with Crippen molar-refractivity contribution < 1.29 is 4.79 Å². The van der Waals surface area contributed by atoms with Crippen LogP contribution in [0.3, 0.4) is 0 Å². The van der Waals surface area contributed by atoms with Crippen LogP contribution >= 0.6 is 11.6 Å². The Labute approximate surface area is 168 Å². The van der Waals surface area contributed by atoms with Crippen molar-refractivity contribution in [2.24, 2.45) is 0 Å². The summed E-state index contributed by atoms with van der Waals surface area (Å²) >= 11 is 6.20. The zero-order chi connectivity index (χ0) is 20.4. The third kappa shape index (κ3) is 4.23. The summed E-state index contributed by atoms with van der Waals surface area (Å²) in [6.45, 7) is 5.73. The number of aromatic nitrogens is 4. The molecule has 0 bridgehead atoms. The number of anilines is 4. The van der Waals surface area contributed by atoms with Gasteiger partial charge < -0.3 is 15.5 Å². The van der Waals surface area contributed by atoms with E-state index in [2.05, 4.69) is 30.8 Å². The summed E-state index contributed by atoms with van der Waals surface area (Å²) in [6.07, 6.45) is 1.52. The number of hydrogen-bond donors (Lipinski definition) is 3. The minimum absolute atomic E-state index is 0.0318. The highest BCUT2D eigenvalue weighted by Gasteiger charge is 2.15. The average Bonchev–Trinajstić information content (AvgIpc) is 3.04. The first-order chi connectivity index (χ1) is 13.2. The first kappa shape index (κ1) is 19.6. The summed E-state index contributed by atoms with van der Waals surface area (Å²) in [6, 6.07) is 5.62. The van der Waals surface area contributed by atoms with Crippen LogP contribution in [0.15, 0.2) is 24.4 Å². The maximum atomic E-state index is 12.3. The molecular formula is C19H22ClN7O. The van der Waals surface area contributed by atoms with Crippen LogP contribution in [0.25, 0.3) is 0 Å². The molecule has 2 heterocycles. The lowest BCUT2D eigenvalue weighted by molar-refractivity contribution is 0.0827. The van der Waals surface area contributed by atoms with Crippen LogP contribution < -0.4 is 10.6 Å². The largest absolute Gasteiger partial charge is 0.345 e. The van der Waals surface area contributed by atoms with Crippen molar-refractivity contribution in [1.29, 1.82) is 0 Å². The number of carbonyl (C=O) groups is 1. The van der Waals surface area contributed by atoms with Crippen LogP contribution in [-0.4, -0.2) is 45.1 Å². The Balaban J connectivity index is 1.86. The quantitative estimate of drug-likeness (QED) is 0.600. The van der Waals surface area contributed by atoms with Crippen LogP contribution in [-0.2, 0) is 0 Å². The standard InChI is InChI=1S/C19H22ClN7O/c1-10-7-15(11(2)6-13(10)18(28)27(4)5)22-19-21-9-14(20)17(24-19)23-16-8-12(3)25-26-16/h6-9H,1-5H3,(H3,21,22,23,24,25,26). The smallest absolute Gasteiger partial charge is 0.253 e. The molecule has 1 aromatic carbocycles. The Morgan fingerprint density at radius 2 is 1.86 bits per heavy atom. The molecule has 9 heteroatoms. The fourth-order valence-electron chi connectivity index (χ4n) is 2.66. The molecule has 3 N–H and O–H groups in total. The van der Waals surface area contributed by atoms with Crippen LogP contribution in [0.2, 0.25) is 5.02 Å². The number of H-pyrrole nitrogens is 1. The second-order valence-electron chi connectivity index (χ2n) is 6.76. The molecular weight excluding hydrogens is 378 g/mol. The van der Waals surface area contributed by atoms with Crippen molar-refractivity contribution in [3.8, 4) is 0 Å². The summed E-state index contributed by atoms with van der Waals surface area (Å²) in [5, 5.41) is 13.6. The Morgan fingerprint density at radius 3 is 2.50 bits per heavy atom. The number of rotatable bonds is 5. The van der Waals surface area contributed by atoms with Gasteiger partial charge in [0.25, 0.3) is 5.91 Å². The molecule has 0 radical (unpaired) electrons. The van der Waals surface area contributed by atoms with Gasteiger partial charge in [0.15, 0.2) is 11.6 Å². The van der Waals surface area contributed by atoms with E-state index in [1.165, 1.54) is 6.20 Å². The topological polar surface area (TPSA) is 98.8 Å². The molecule has 3 aromatic rings. The van der Waals surface area contributed by atoms with Crippen molar-refractivity contribution >= 4 is 40.8 Å². The van der Waals surface area contributed by atoms with Gasteiger partial charge in [-0.3, -0.25) is 9.89 Å². The van der Waals surface area contributed by atoms with Crippen molar-refractivity contribution in [3.63, 3.8) is 0 Å². The molecule has 146 valence electrons. The zero-order valence-corrected chi connectivity index (χ0v) is 17.1. The Morgan fingerprint density at radius 1 is 1.11 bits per heavy atom. The summed E-state index contributed by atoms with van der Waals surface area (Å²) in [4.78, 5) is 22.5. The maximum Gasteiger partial charge on any atom is 0.253 e. The van der Waals surface area contributed by atoms with Gasteiger partial charge in [-0.2, -0.15) is 10.1 Å². The fourth-order valence-corrected chi connectivity index (χ4v) is 2.80. The number of aromatic amines is 1. The molecule has 3 rings (SSSR count). The molecule has 2 aromatic heterocycles. The van der Waals surface area contributed by atoms with Gasteiger partial charge in [0, 0.05) is 37.1 Å². The highest BCUT2D eigenvalue weighted by atomic mass is 35.5. The van der Waals surface area contributed by atoms with Gasteiger partial charge in [-0.1, -0.05) is 11.6 Å². The minimum Gasteiger partial charge on any atom is -0.345 e. The van der Waals surface area contributed by atoms with E-state index in [1.807, 2.05) is 39.0 Å². The SMILES string of the molecule is Cc1cc(Nc2nc(Nc3cc(C)c(C(=O)N(C)C)cc3C)ncc2Cl)n[nH]1. The Bertz CT molecular complexity index is 1030. The number of carbonyl (C=O) groups excluding carboxylic acids is 1. The fraction of sp³-hybridized carbons (Fsp3) is 0.263. The Hall–Kier alpha value is -3.13. The normalized spacial score (nSPS) is 10.6. The number of hydrogen-bond acceptors (Lipinski definition) is 6. The second-order valence-corrected chi connectivity index (χ2v) is 7.17. The molecule has 0 aliphatic heterocycles. The maximum absolute atomic E-state index is 12.3. The number of benzene rings is 1. The third-order valence-electron chi connectivity index (χ3n) is 4.15. The van der Waals surface area contributed by atoms with Gasteiger partial charge in [0.2, 0.25) is 5.95 Å². The second kappa shape index (κ2) is 7.85. The van der Waals surface area contributed by atoms with Crippen molar-refractivity contribution in [1.82, 2.24) is 25.1 Å². The molecule has 0 spiro atoms. The number of halogens is 1. The van der Waals surface area contributed by atoms with Gasteiger partial charge >= 0.3 is 0 Å². The summed E-state index contributed by atoms with van der Waals surface area (Å²) < 4.78 is 0. The minimum atomic E-state index is -0.0318. The summed E-state index contributed by atoms with van der Waals surface area (Å²) in [7, 11) is 3.47. The van der Waals surface area contributed by atoms with Gasteiger partial charge in [0.1, 0.15) is 5.02 Å². The first-order valence-electron chi connectivity index (χ1n) is 8.66. The molecule has 0 atom stereocenters. The predicted molar refractivity (Wildman–Crippen MR) is 111 cm³/mol. The molecule has 0 saturated heterocycles. The van der Waals surface area contributed by atoms with E-state index in [4.69, 9.17) is 11.6 Å². The lowest BCUT2D eigenvalue weighted by Gasteiger charge is -2.16. The highest BCUT2D eigenvalue weighted by molar-refractivity contribution is 6.32. The molecule has 0 unspecified atom stereocenters. The van der Waals surface area contributed by atoms with Gasteiger partial charge in [-0.15, -0.1) is 0 Å². The van der Waals surface area contributed by atoms with Crippen LogP contribution in [0.1, 0.15) is 27.2 Å². The van der Waals surface area contributed by atoms with E-state index in [0.29, 0.717) is 28.2 Å². The van der Waals surface area contributed by atoms with Crippen LogP contribution in [0, 0.1) is 20.8 Å². The van der Waals surface area contributed by atoms with Crippen molar-refractivity contribution in [3.05, 3.63) is 51.8 Å². The van der Waals surface area contributed by atoms with E-state index in [9.17, 15) is 4.79 Å². The lowest BCUT2D eigenvalue weighted by atomic mass is 10.0. The van der Waals surface area contributed by atoms with Gasteiger partial charge in [-0.05, 0) is 44.0 Å². The summed E-state index contributed by atoms with van der Waals surface area (Å²) in [5.41, 5.74) is 4.18. The third-order valence-corrected chi connectivity index (χ3v) is 4.43. The van der Waals surface area contributed by atoms with E-state index in [1.54, 1.807) is 19.0 Å². The summed E-state index contributed by atoms with van der Waals surface area (Å²) in [5.74, 6) is 1.41. The first-order valence-corrected chi connectivity index (χ1v) is 9.04. The molecule has 0 saturated carbocycles. The number of aryl methyl sites for hydroxylation is 3. The van der Waals surface area contributed by atoms with E-state index in [0.717, 1.165) is 22.5 Å². The molecule has 28 heavy (non-hydrogen) atoms.